The second-order valence-corrected chi connectivity index (χ2v) is 7.67. The van der Waals surface area contributed by atoms with Gasteiger partial charge in [-0.15, -0.1) is 0 Å². The number of aromatic nitrogens is 3. The number of piperidine rings is 1. The third kappa shape index (κ3) is 4.69. The van der Waals surface area contributed by atoms with Crippen LogP contribution in [0.25, 0.3) is 11.4 Å². The monoisotopic (exact) mass is 441 g/mol. The number of methoxy groups -OCH3 is 1. The smallest absolute Gasteiger partial charge is 0.289 e. The van der Waals surface area contributed by atoms with E-state index in [0.717, 1.165) is 11.3 Å². The van der Waals surface area contributed by atoms with Gasteiger partial charge in [-0.3, -0.25) is 19.3 Å². The second kappa shape index (κ2) is 9.17. The first-order chi connectivity index (χ1) is 15.0. The third-order valence-electron chi connectivity index (χ3n) is 5.29. The number of likely N-dealkylation sites (tertiary alicyclic amines) is 1. The van der Waals surface area contributed by atoms with Crippen molar-refractivity contribution in [3.8, 4) is 17.1 Å². The Labute approximate surface area is 184 Å². The number of nitrogens with one attached hydrogen (secondary N) is 2. The van der Waals surface area contributed by atoms with Crippen LogP contribution >= 0.6 is 12.2 Å². The van der Waals surface area contributed by atoms with E-state index >= 15 is 0 Å². The molecule has 1 aromatic carbocycles. The highest BCUT2D eigenvalue weighted by Gasteiger charge is 2.26. The summed E-state index contributed by atoms with van der Waals surface area (Å²) >= 11 is 5.31. The first-order valence-corrected chi connectivity index (χ1v) is 10.4. The normalized spacial score (nSPS) is 14.4. The van der Waals surface area contributed by atoms with E-state index in [9.17, 15) is 9.59 Å². The number of carbonyl (C=O) groups is 2. The zero-order valence-corrected chi connectivity index (χ0v) is 17.9. The molecule has 0 unspecified atom stereocenters. The van der Waals surface area contributed by atoms with Gasteiger partial charge in [-0.1, -0.05) is 0 Å². The van der Waals surface area contributed by atoms with Gasteiger partial charge >= 0.3 is 0 Å². The van der Waals surface area contributed by atoms with E-state index in [1.807, 2.05) is 24.3 Å². The number of ether oxygens (including phenoxy) is 1. The Kier molecular flexibility index (Phi) is 6.17. The Balaban J connectivity index is 1.35. The molecule has 4 rings (SSSR count). The van der Waals surface area contributed by atoms with E-state index in [1.54, 1.807) is 28.7 Å². The number of hydrogen-bond acceptors (Lipinski definition) is 6. The summed E-state index contributed by atoms with van der Waals surface area (Å²) < 4.78 is 12.4. The van der Waals surface area contributed by atoms with Crippen molar-refractivity contribution in [2.24, 2.45) is 0 Å². The maximum atomic E-state index is 12.7. The maximum Gasteiger partial charge on any atom is 0.289 e. The first-order valence-electron chi connectivity index (χ1n) is 9.97. The average Bonchev–Trinajstić information content (AvgIpc) is 3.45. The molecule has 31 heavy (non-hydrogen) atoms. The summed E-state index contributed by atoms with van der Waals surface area (Å²) in [6, 6.07) is 10.7. The largest absolute Gasteiger partial charge is 0.497 e. The van der Waals surface area contributed by atoms with Crippen LogP contribution in [-0.4, -0.2) is 57.7 Å². The summed E-state index contributed by atoms with van der Waals surface area (Å²) in [7, 11) is 1.60. The lowest BCUT2D eigenvalue weighted by atomic mass is 10.0. The highest BCUT2D eigenvalue weighted by Crippen LogP contribution is 2.21. The lowest BCUT2D eigenvalue weighted by molar-refractivity contribution is -0.122. The molecule has 0 aliphatic carbocycles. The van der Waals surface area contributed by atoms with Crippen LogP contribution in [0.3, 0.4) is 0 Å². The van der Waals surface area contributed by atoms with Gasteiger partial charge in [-0.05, 0) is 61.5 Å². The van der Waals surface area contributed by atoms with Gasteiger partial charge in [0.15, 0.2) is 16.4 Å². The predicted octanol–water partition coefficient (Wildman–Crippen LogP) is 2.63. The molecule has 3 aromatic rings. The maximum absolute atomic E-state index is 12.7. The van der Waals surface area contributed by atoms with Crippen LogP contribution in [0.4, 0.5) is 0 Å². The fourth-order valence-corrected chi connectivity index (χ4v) is 3.82. The minimum atomic E-state index is -0.150. The van der Waals surface area contributed by atoms with Crippen LogP contribution in [-0.2, 0) is 11.3 Å². The molecule has 2 amide bonds. The van der Waals surface area contributed by atoms with Crippen molar-refractivity contribution >= 4 is 24.0 Å². The molecule has 0 bridgehead atoms. The van der Waals surface area contributed by atoms with Gasteiger partial charge in [0.1, 0.15) is 12.3 Å². The van der Waals surface area contributed by atoms with E-state index < -0.39 is 0 Å². The topological polar surface area (TPSA) is 105 Å². The van der Waals surface area contributed by atoms with Crippen molar-refractivity contribution in [3.63, 3.8) is 0 Å². The zero-order chi connectivity index (χ0) is 21.8. The minimum absolute atomic E-state index is 0.00124. The van der Waals surface area contributed by atoms with E-state index in [-0.39, 0.29) is 24.4 Å². The first kappa shape index (κ1) is 20.9. The van der Waals surface area contributed by atoms with E-state index in [2.05, 4.69) is 15.5 Å². The summed E-state index contributed by atoms with van der Waals surface area (Å²) in [5, 5.41) is 10.1. The molecule has 10 heteroatoms. The van der Waals surface area contributed by atoms with Crippen LogP contribution in [0.1, 0.15) is 23.4 Å². The molecule has 2 N–H and O–H groups in total. The Morgan fingerprint density at radius 3 is 2.65 bits per heavy atom. The molecule has 3 heterocycles. The van der Waals surface area contributed by atoms with Gasteiger partial charge in [-0.2, -0.15) is 5.10 Å². The summed E-state index contributed by atoms with van der Waals surface area (Å²) in [6.07, 6.45) is 2.85. The lowest BCUT2D eigenvalue weighted by Gasteiger charge is -2.31. The number of carbonyl (C=O) groups excluding carboxylic acids is 2. The summed E-state index contributed by atoms with van der Waals surface area (Å²) in [4.78, 5) is 26.8. The molecule has 0 spiro atoms. The fraction of sp³-hybridized carbons (Fsp3) is 0.333. The van der Waals surface area contributed by atoms with Crippen LogP contribution < -0.4 is 10.1 Å². The Morgan fingerprint density at radius 2 is 2.00 bits per heavy atom. The summed E-state index contributed by atoms with van der Waals surface area (Å²) in [5.74, 6) is 1.38. The van der Waals surface area contributed by atoms with Crippen molar-refractivity contribution in [1.29, 1.82) is 0 Å². The molecule has 1 aliphatic heterocycles. The number of amides is 2. The molecule has 0 atom stereocenters. The van der Waals surface area contributed by atoms with Crippen molar-refractivity contribution < 1.29 is 18.7 Å². The SMILES string of the molecule is COc1ccc(-c2n[nH]c(=S)n2CC(=O)NC2CCN(C(=O)c3ccco3)CC2)cc1. The lowest BCUT2D eigenvalue weighted by Crippen LogP contribution is -2.47. The Bertz CT molecular complexity index is 1100. The number of H-pyrrole nitrogens is 1. The molecular formula is C21H23N5O4S. The van der Waals surface area contributed by atoms with E-state index in [4.69, 9.17) is 21.4 Å². The molecule has 2 aromatic heterocycles. The van der Waals surface area contributed by atoms with Crippen LogP contribution in [0.15, 0.2) is 47.1 Å². The van der Waals surface area contributed by atoms with Gasteiger partial charge in [0, 0.05) is 24.7 Å². The van der Waals surface area contributed by atoms with Crippen molar-refractivity contribution in [1.82, 2.24) is 25.0 Å². The number of aromatic amines is 1. The number of benzene rings is 1. The molecule has 9 nitrogen and oxygen atoms in total. The Hall–Kier alpha value is -3.40. The number of hydrogen-bond donors (Lipinski definition) is 2. The number of rotatable bonds is 6. The fourth-order valence-electron chi connectivity index (χ4n) is 3.62. The molecule has 0 saturated carbocycles. The molecule has 1 saturated heterocycles. The third-order valence-corrected chi connectivity index (χ3v) is 5.60. The van der Waals surface area contributed by atoms with Gasteiger partial charge < -0.3 is 19.4 Å². The van der Waals surface area contributed by atoms with Crippen LogP contribution in [0.5, 0.6) is 5.75 Å². The van der Waals surface area contributed by atoms with Gasteiger partial charge in [-0.25, -0.2) is 0 Å². The Morgan fingerprint density at radius 1 is 1.26 bits per heavy atom. The van der Waals surface area contributed by atoms with Gasteiger partial charge in [0.25, 0.3) is 5.91 Å². The average molecular weight is 442 g/mol. The minimum Gasteiger partial charge on any atom is -0.497 e. The molecule has 1 fully saturated rings. The molecular weight excluding hydrogens is 418 g/mol. The van der Waals surface area contributed by atoms with Gasteiger partial charge in [0.05, 0.1) is 13.4 Å². The molecule has 0 radical (unpaired) electrons. The highest BCUT2D eigenvalue weighted by atomic mass is 32.1. The summed E-state index contributed by atoms with van der Waals surface area (Å²) in [5.41, 5.74) is 0.825. The van der Waals surface area contributed by atoms with Crippen molar-refractivity contribution in [2.45, 2.75) is 25.4 Å². The van der Waals surface area contributed by atoms with Crippen molar-refractivity contribution in [2.75, 3.05) is 20.2 Å². The quantitative estimate of drug-likeness (QED) is 0.570. The number of furan rings is 1. The van der Waals surface area contributed by atoms with Gasteiger partial charge in [0.2, 0.25) is 5.91 Å². The molecule has 1 aliphatic rings. The zero-order valence-electron chi connectivity index (χ0n) is 17.0. The van der Waals surface area contributed by atoms with E-state index in [1.165, 1.54) is 6.26 Å². The van der Waals surface area contributed by atoms with Crippen LogP contribution in [0, 0.1) is 4.77 Å². The second-order valence-electron chi connectivity index (χ2n) is 7.28. The standard InChI is InChI=1S/C21H23N5O4S/c1-29-16-6-4-14(5-7-16)19-23-24-21(31)26(19)13-18(27)22-15-8-10-25(11-9-15)20(28)17-3-2-12-30-17/h2-7,12,15H,8-11,13H2,1H3,(H,22,27)(H,24,31). The predicted molar refractivity (Wildman–Crippen MR) is 115 cm³/mol. The highest BCUT2D eigenvalue weighted by molar-refractivity contribution is 7.71. The van der Waals surface area contributed by atoms with Crippen molar-refractivity contribution in [3.05, 3.63) is 53.2 Å². The molecule has 162 valence electrons. The van der Waals surface area contributed by atoms with E-state index in [0.29, 0.717) is 42.3 Å². The van der Waals surface area contributed by atoms with Crippen LogP contribution in [0.2, 0.25) is 0 Å². The summed E-state index contributed by atoms with van der Waals surface area (Å²) in [6.45, 7) is 1.18. The number of nitrogens with zero attached hydrogens (tertiary/aromatic N) is 3.